The van der Waals surface area contributed by atoms with Gasteiger partial charge in [0.05, 0.1) is 18.7 Å². The van der Waals surface area contributed by atoms with Crippen molar-refractivity contribution in [3.05, 3.63) is 24.2 Å². The number of esters is 1. The van der Waals surface area contributed by atoms with Crippen LogP contribution < -0.4 is 0 Å². The molecule has 1 aromatic heterocycles. The highest BCUT2D eigenvalue weighted by Gasteiger charge is 2.35. The fraction of sp³-hybridized carbons (Fsp3) is 0.385. The first-order valence-electron chi connectivity index (χ1n) is 5.61. The summed E-state index contributed by atoms with van der Waals surface area (Å²) in [6.07, 6.45) is 6.72. The van der Waals surface area contributed by atoms with Gasteiger partial charge in [0.2, 0.25) is 5.91 Å². The lowest BCUT2D eigenvalue weighted by atomic mass is 10.1. The van der Waals surface area contributed by atoms with Gasteiger partial charge in [0.1, 0.15) is 5.76 Å². The molecule has 1 saturated heterocycles. The van der Waals surface area contributed by atoms with Crippen LogP contribution in [0.1, 0.15) is 12.2 Å². The lowest BCUT2D eigenvalue weighted by molar-refractivity contribution is -0.146. The van der Waals surface area contributed by atoms with Crippen LogP contribution in [0.3, 0.4) is 0 Å². The van der Waals surface area contributed by atoms with Crippen molar-refractivity contribution < 1.29 is 18.7 Å². The number of rotatable bonds is 4. The Balaban J connectivity index is 1.91. The fourth-order valence-corrected chi connectivity index (χ4v) is 1.90. The van der Waals surface area contributed by atoms with Gasteiger partial charge in [0.25, 0.3) is 0 Å². The number of likely N-dealkylation sites (tertiary alicyclic amines) is 1. The molecule has 2 rings (SSSR count). The second-order valence-corrected chi connectivity index (χ2v) is 4.07. The summed E-state index contributed by atoms with van der Waals surface area (Å²) in [4.78, 5) is 24.9. The number of terminal acetylenes is 1. The van der Waals surface area contributed by atoms with Crippen LogP contribution in [-0.2, 0) is 20.9 Å². The van der Waals surface area contributed by atoms with Crippen molar-refractivity contribution in [3.63, 3.8) is 0 Å². The Morgan fingerprint density at radius 1 is 1.67 bits per heavy atom. The quantitative estimate of drug-likeness (QED) is 0.583. The van der Waals surface area contributed by atoms with Crippen molar-refractivity contribution in [2.75, 3.05) is 13.2 Å². The third kappa shape index (κ3) is 2.72. The molecular formula is C13H13NO4. The maximum atomic E-state index is 11.7. The number of amides is 1. The zero-order valence-electron chi connectivity index (χ0n) is 9.80. The molecule has 1 unspecified atom stereocenters. The molecule has 0 saturated carbocycles. The summed E-state index contributed by atoms with van der Waals surface area (Å²) in [5.74, 6) is 2.00. The monoisotopic (exact) mass is 247 g/mol. The molecule has 1 aliphatic rings. The second kappa shape index (κ2) is 5.41. The van der Waals surface area contributed by atoms with Gasteiger partial charge in [-0.05, 0) is 12.1 Å². The molecule has 0 aliphatic carbocycles. The number of carbonyl (C=O) groups excluding carboxylic acids is 2. The van der Waals surface area contributed by atoms with Gasteiger partial charge in [0.15, 0.2) is 6.61 Å². The Morgan fingerprint density at radius 2 is 2.50 bits per heavy atom. The van der Waals surface area contributed by atoms with E-state index in [-0.39, 0.29) is 18.9 Å². The fourth-order valence-electron chi connectivity index (χ4n) is 1.90. The van der Waals surface area contributed by atoms with E-state index in [0.29, 0.717) is 18.8 Å². The molecule has 94 valence electrons. The summed E-state index contributed by atoms with van der Waals surface area (Å²) < 4.78 is 10.00. The molecule has 1 aromatic rings. The zero-order chi connectivity index (χ0) is 13.0. The van der Waals surface area contributed by atoms with Gasteiger partial charge >= 0.3 is 5.97 Å². The molecule has 5 nitrogen and oxygen atoms in total. The summed E-state index contributed by atoms with van der Waals surface area (Å²) in [6, 6.07) is 3.55. The van der Waals surface area contributed by atoms with Gasteiger partial charge in [-0.2, -0.15) is 0 Å². The van der Waals surface area contributed by atoms with E-state index < -0.39 is 11.9 Å². The molecule has 0 aromatic carbocycles. The molecule has 0 spiro atoms. The van der Waals surface area contributed by atoms with Gasteiger partial charge in [0, 0.05) is 13.0 Å². The molecular weight excluding hydrogens is 234 g/mol. The van der Waals surface area contributed by atoms with Gasteiger partial charge in [-0.25, -0.2) is 0 Å². The molecule has 1 aliphatic heterocycles. The normalized spacial score (nSPS) is 18.7. The molecule has 1 amide bonds. The molecule has 0 N–H and O–H groups in total. The zero-order valence-corrected chi connectivity index (χ0v) is 9.80. The van der Waals surface area contributed by atoms with Crippen LogP contribution in [0.5, 0.6) is 0 Å². The van der Waals surface area contributed by atoms with Crippen LogP contribution in [0.4, 0.5) is 0 Å². The SMILES string of the molecule is C#CCOC(=O)C1CC(=O)N(Cc2ccco2)C1. The highest BCUT2D eigenvalue weighted by molar-refractivity contribution is 5.86. The smallest absolute Gasteiger partial charge is 0.312 e. The average Bonchev–Trinajstić information content (AvgIpc) is 2.98. The van der Waals surface area contributed by atoms with E-state index >= 15 is 0 Å². The molecule has 2 heterocycles. The Bertz CT molecular complexity index is 472. The predicted molar refractivity (Wildman–Crippen MR) is 62.0 cm³/mol. The summed E-state index contributed by atoms with van der Waals surface area (Å²) in [5.41, 5.74) is 0. The highest BCUT2D eigenvalue weighted by Crippen LogP contribution is 2.21. The van der Waals surface area contributed by atoms with Crippen molar-refractivity contribution in [1.82, 2.24) is 4.90 Å². The summed E-state index contributed by atoms with van der Waals surface area (Å²) in [5, 5.41) is 0. The Morgan fingerprint density at radius 3 is 3.17 bits per heavy atom. The highest BCUT2D eigenvalue weighted by atomic mass is 16.5. The van der Waals surface area contributed by atoms with E-state index in [1.165, 1.54) is 0 Å². The number of nitrogens with zero attached hydrogens (tertiary/aromatic N) is 1. The van der Waals surface area contributed by atoms with Crippen LogP contribution in [0, 0.1) is 18.3 Å². The largest absolute Gasteiger partial charge is 0.467 e. The van der Waals surface area contributed by atoms with E-state index in [1.807, 2.05) is 0 Å². The van der Waals surface area contributed by atoms with Gasteiger partial charge < -0.3 is 14.1 Å². The topological polar surface area (TPSA) is 59.8 Å². The van der Waals surface area contributed by atoms with E-state index in [4.69, 9.17) is 15.6 Å². The molecule has 0 radical (unpaired) electrons. The van der Waals surface area contributed by atoms with E-state index in [0.717, 1.165) is 0 Å². The van der Waals surface area contributed by atoms with E-state index in [2.05, 4.69) is 5.92 Å². The Kier molecular flexibility index (Phi) is 3.68. The predicted octanol–water partition coefficient (Wildman–Crippen LogP) is 0.804. The molecule has 0 bridgehead atoms. The third-order valence-electron chi connectivity index (χ3n) is 2.77. The maximum Gasteiger partial charge on any atom is 0.312 e. The van der Waals surface area contributed by atoms with Crippen LogP contribution >= 0.6 is 0 Å². The first kappa shape index (κ1) is 12.2. The first-order chi connectivity index (χ1) is 8.70. The maximum absolute atomic E-state index is 11.7. The molecule has 1 atom stereocenters. The number of furan rings is 1. The molecule has 1 fully saturated rings. The lowest BCUT2D eigenvalue weighted by Crippen LogP contribution is -2.26. The van der Waals surface area contributed by atoms with Crippen molar-refractivity contribution in [2.45, 2.75) is 13.0 Å². The molecule has 5 heteroatoms. The minimum absolute atomic E-state index is 0.0539. The lowest BCUT2D eigenvalue weighted by Gasteiger charge is -2.14. The van der Waals surface area contributed by atoms with Gasteiger partial charge in [-0.1, -0.05) is 5.92 Å². The molecule has 18 heavy (non-hydrogen) atoms. The minimum Gasteiger partial charge on any atom is -0.467 e. The summed E-state index contributed by atoms with van der Waals surface area (Å²) in [7, 11) is 0. The first-order valence-corrected chi connectivity index (χ1v) is 5.61. The van der Waals surface area contributed by atoms with Crippen LogP contribution in [0.15, 0.2) is 22.8 Å². The number of hydrogen-bond acceptors (Lipinski definition) is 4. The minimum atomic E-state index is -0.430. The van der Waals surface area contributed by atoms with Crippen molar-refractivity contribution in [2.24, 2.45) is 5.92 Å². The van der Waals surface area contributed by atoms with Crippen LogP contribution in [0.2, 0.25) is 0 Å². The second-order valence-electron chi connectivity index (χ2n) is 4.07. The van der Waals surface area contributed by atoms with Crippen LogP contribution in [-0.4, -0.2) is 29.9 Å². The standard InChI is InChI=1S/C13H13NO4/c1-2-5-18-13(16)10-7-12(15)14(8-10)9-11-4-3-6-17-11/h1,3-4,6,10H,5,7-9H2. The third-order valence-corrected chi connectivity index (χ3v) is 2.77. The van der Waals surface area contributed by atoms with Crippen LogP contribution in [0.25, 0.3) is 0 Å². The number of ether oxygens (including phenoxy) is 1. The average molecular weight is 247 g/mol. The summed E-state index contributed by atoms with van der Waals surface area (Å²) >= 11 is 0. The van der Waals surface area contributed by atoms with E-state index in [9.17, 15) is 9.59 Å². The van der Waals surface area contributed by atoms with Crippen molar-refractivity contribution in [1.29, 1.82) is 0 Å². The summed E-state index contributed by atoms with van der Waals surface area (Å²) in [6.45, 7) is 0.676. The number of carbonyl (C=O) groups is 2. The Hall–Kier alpha value is -2.22. The van der Waals surface area contributed by atoms with Crippen molar-refractivity contribution >= 4 is 11.9 Å². The van der Waals surface area contributed by atoms with Gasteiger partial charge in [-0.15, -0.1) is 6.42 Å². The van der Waals surface area contributed by atoms with E-state index in [1.54, 1.807) is 23.3 Å². The van der Waals surface area contributed by atoms with Crippen molar-refractivity contribution in [3.8, 4) is 12.3 Å². The Labute approximate surface area is 105 Å². The number of hydrogen-bond donors (Lipinski definition) is 0. The van der Waals surface area contributed by atoms with Gasteiger partial charge in [-0.3, -0.25) is 9.59 Å².